The highest BCUT2D eigenvalue weighted by Crippen LogP contribution is 2.27. The fraction of sp³-hybridized carbons (Fsp3) is 0.538. The number of hydrogen-bond donors (Lipinski definition) is 1. The van der Waals surface area contributed by atoms with Gasteiger partial charge < -0.3 is 10.6 Å². The summed E-state index contributed by atoms with van der Waals surface area (Å²) in [4.78, 5) is 1.82. The van der Waals surface area contributed by atoms with Gasteiger partial charge in [0.05, 0.1) is 0 Å². The Hall–Kier alpha value is -0.810. The third-order valence-electron chi connectivity index (χ3n) is 3.05. The monoisotopic (exact) mass is 272 g/mol. The Bertz CT molecular complexity index is 381. The second kappa shape index (κ2) is 6.38. The first-order chi connectivity index (χ1) is 8.72. The molecule has 1 aliphatic heterocycles. The summed E-state index contributed by atoms with van der Waals surface area (Å²) < 4.78 is 28.0. The number of nitrogens with two attached hydrogens (primary N) is 1. The Labute approximate surface area is 111 Å². The van der Waals surface area contributed by atoms with Crippen molar-refractivity contribution in [3.05, 3.63) is 29.3 Å². The van der Waals surface area contributed by atoms with E-state index in [0.29, 0.717) is 25.1 Å². The normalized spacial score (nSPS) is 16.7. The predicted molar refractivity (Wildman–Crippen MR) is 73.3 cm³/mol. The van der Waals surface area contributed by atoms with Gasteiger partial charge in [0.15, 0.2) is 0 Å². The number of rotatable bonds is 3. The molecule has 2 rings (SSSR count). The van der Waals surface area contributed by atoms with Crippen LogP contribution in [0, 0.1) is 11.6 Å². The van der Waals surface area contributed by atoms with Crippen LogP contribution in [0.5, 0.6) is 0 Å². The lowest BCUT2D eigenvalue weighted by Crippen LogP contribution is -2.27. The van der Waals surface area contributed by atoms with Gasteiger partial charge in [-0.25, -0.2) is 8.78 Å². The lowest BCUT2D eigenvalue weighted by atomic mass is 10.1. The van der Waals surface area contributed by atoms with E-state index in [1.807, 2.05) is 16.7 Å². The van der Waals surface area contributed by atoms with Gasteiger partial charge in [-0.15, -0.1) is 0 Å². The van der Waals surface area contributed by atoms with Gasteiger partial charge in [0.25, 0.3) is 0 Å². The second-order valence-electron chi connectivity index (χ2n) is 4.40. The van der Waals surface area contributed by atoms with E-state index in [1.54, 1.807) is 0 Å². The van der Waals surface area contributed by atoms with Gasteiger partial charge in [-0.3, -0.25) is 0 Å². The van der Waals surface area contributed by atoms with Gasteiger partial charge in [0.1, 0.15) is 17.3 Å². The van der Waals surface area contributed by atoms with Gasteiger partial charge in [0, 0.05) is 18.8 Å². The molecule has 0 amide bonds. The van der Waals surface area contributed by atoms with Crippen molar-refractivity contribution >= 4 is 17.4 Å². The Morgan fingerprint density at radius 1 is 1.17 bits per heavy atom. The predicted octanol–water partition coefficient (Wildman–Crippen LogP) is 2.41. The molecule has 0 spiro atoms. The lowest BCUT2D eigenvalue weighted by molar-refractivity contribution is 0.569. The van der Waals surface area contributed by atoms with Gasteiger partial charge in [-0.2, -0.15) is 11.8 Å². The van der Waals surface area contributed by atoms with Crippen molar-refractivity contribution in [3.63, 3.8) is 0 Å². The molecule has 1 aliphatic rings. The van der Waals surface area contributed by atoms with E-state index < -0.39 is 11.6 Å². The molecule has 2 N–H and O–H groups in total. The molecule has 1 saturated heterocycles. The van der Waals surface area contributed by atoms with Crippen molar-refractivity contribution in [1.29, 1.82) is 0 Å². The van der Waals surface area contributed by atoms with Gasteiger partial charge in [0.2, 0.25) is 0 Å². The number of halogens is 2. The minimum atomic E-state index is -0.467. The molecule has 0 atom stereocenters. The summed E-state index contributed by atoms with van der Waals surface area (Å²) in [5, 5.41) is 0. The van der Waals surface area contributed by atoms with Crippen molar-refractivity contribution in [3.8, 4) is 0 Å². The molecule has 1 aromatic carbocycles. The van der Waals surface area contributed by atoms with E-state index in [2.05, 4.69) is 0 Å². The van der Waals surface area contributed by atoms with E-state index in [0.717, 1.165) is 24.5 Å². The summed E-state index contributed by atoms with van der Waals surface area (Å²) in [5.74, 6) is 1.05. The molecule has 1 aromatic rings. The van der Waals surface area contributed by atoms with Crippen LogP contribution in [0.15, 0.2) is 12.1 Å². The van der Waals surface area contributed by atoms with E-state index in [-0.39, 0.29) is 5.69 Å². The van der Waals surface area contributed by atoms with Gasteiger partial charge in [-0.05, 0) is 42.8 Å². The Balaban J connectivity index is 2.26. The summed E-state index contributed by atoms with van der Waals surface area (Å²) in [7, 11) is 0. The third-order valence-corrected chi connectivity index (χ3v) is 4.10. The standard InChI is InChI=1S/C13H18F2N2S/c14-11-8-10(2-3-16)9-12(15)13(11)17-4-1-6-18-7-5-17/h8-9H,1-7,16H2. The Morgan fingerprint density at radius 3 is 2.56 bits per heavy atom. The van der Waals surface area contributed by atoms with Gasteiger partial charge in [-0.1, -0.05) is 0 Å². The average molecular weight is 272 g/mol. The highest BCUT2D eigenvalue weighted by atomic mass is 32.2. The molecular formula is C13H18F2N2S. The van der Waals surface area contributed by atoms with Crippen LogP contribution < -0.4 is 10.6 Å². The number of thioether (sulfide) groups is 1. The zero-order chi connectivity index (χ0) is 13.0. The highest BCUT2D eigenvalue weighted by Gasteiger charge is 2.19. The molecule has 1 fully saturated rings. The van der Waals surface area contributed by atoms with Crippen molar-refractivity contribution in [2.45, 2.75) is 12.8 Å². The molecule has 2 nitrogen and oxygen atoms in total. The van der Waals surface area contributed by atoms with Crippen LogP contribution in [0.3, 0.4) is 0 Å². The van der Waals surface area contributed by atoms with E-state index in [4.69, 9.17) is 5.73 Å². The molecule has 100 valence electrons. The van der Waals surface area contributed by atoms with Crippen molar-refractivity contribution < 1.29 is 8.78 Å². The number of hydrogen-bond acceptors (Lipinski definition) is 3. The Morgan fingerprint density at radius 2 is 1.89 bits per heavy atom. The first-order valence-electron chi connectivity index (χ1n) is 6.23. The van der Waals surface area contributed by atoms with Crippen LogP contribution in [0.4, 0.5) is 14.5 Å². The fourth-order valence-corrected chi connectivity index (χ4v) is 3.09. The maximum Gasteiger partial charge on any atom is 0.149 e. The van der Waals surface area contributed by atoms with Crippen LogP contribution in [0.2, 0.25) is 0 Å². The molecule has 0 radical (unpaired) electrons. The topological polar surface area (TPSA) is 29.3 Å². The first kappa shape index (κ1) is 13.6. The van der Waals surface area contributed by atoms with Crippen LogP contribution in [-0.4, -0.2) is 31.1 Å². The SMILES string of the molecule is NCCc1cc(F)c(N2CCCSCC2)c(F)c1. The number of benzene rings is 1. The third kappa shape index (κ3) is 3.14. The molecule has 0 aliphatic carbocycles. The smallest absolute Gasteiger partial charge is 0.149 e. The molecule has 0 aromatic heterocycles. The molecule has 5 heteroatoms. The average Bonchev–Trinajstić information content (AvgIpc) is 2.57. The lowest BCUT2D eigenvalue weighted by Gasteiger charge is -2.23. The molecule has 0 unspecified atom stereocenters. The fourth-order valence-electron chi connectivity index (χ4n) is 2.20. The molecule has 18 heavy (non-hydrogen) atoms. The van der Waals surface area contributed by atoms with Crippen LogP contribution >= 0.6 is 11.8 Å². The van der Waals surface area contributed by atoms with E-state index in [1.165, 1.54) is 12.1 Å². The van der Waals surface area contributed by atoms with Crippen molar-refractivity contribution in [2.24, 2.45) is 5.73 Å². The summed E-state index contributed by atoms with van der Waals surface area (Å²) in [6.07, 6.45) is 1.47. The number of anilines is 1. The van der Waals surface area contributed by atoms with E-state index in [9.17, 15) is 8.78 Å². The first-order valence-corrected chi connectivity index (χ1v) is 7.38. The van der Waals surface area contributed by atoms with Crippen LogP contribution in [0.1, 0.15) is 12.0 Å². The minimum Gasteiger partial charge on any atom is -0.366 e. The summed E-state index contributed by atoms with van der Waals surface area (Å²) in [6.45, 7) is 1.82. The zero-order valence-electron chi connectivity index (χ0n) is 10.3. The maximum absolute atomic E-state index is 14.0. The molecule has 1 heterocycles. The Kier molecular flexibility index (Phi) is 4.83. The van der Waals surface area contributed by atoms with Crippen molar-refractivity contribution in [2.75, 3.05) is 36.0 Å². The minimum absolute atomic E-state index is 0.123. The van der Waals surface area contributed by atoms with Crippen molar-refractivity contribution in [1.82, 2.24) is 0 Å². The zero-order valence-corrected chi connectivity index (χ0v) is 11.1. The second-order valence-corrected chi connectivity index (χ2v) is 5.62. The summed E-state index contributed by atoms with van der Waals surface area (Å²) >= 11 is 1.83. The van der Waals surface area contributed by atoms with Crippen LogP contribution in [-0.2, 0) is 6.42 Å². The van der Waals surface area contributed by atoms with Crippen LogP contribution in [0.25, 0.3) is 0 Å². The van der Waals surface area contributed by atoms with E-state index >= 15 is 0 Å². The summed E-state index contributed by atoms with van der Waals surface area (Å²) in [5.41, 5.74) is 6.15. The largest absolute Gasteiger partial charge is 0.366 e. The maximum atomic E-state index is 14.0. The highest BCUT2D eigenvalue weighted by molar-refractivity contribution is 7.99. The quantitative estimate of drug-likeness (QED) is 0.916. The summed E-state index contributed by atoms with van der Waals surface area (Å²) in [6, 6.07) is 2.81. The molecule has 0 saturated carbocycles. The molecule has 0 bridgehead atoms. The van der Waals surface area contributed by atoms with Gasteiger partial charge >= 0.3 is 0 Å². The molecular weight excluding hydrogens is 254 g/mol. The number of nitrogens with zero attached hydrogens (tertiary/aromatic N) is 1.